The van der Waals surface area contributed by atoms with E-state index in [4.69, 9.17) is 9.47 Å². The van der Waals surface area contributed by atoms with Gasteiger partial charge in [-0.1, -0.05) is 0 Å². The Hall–Kier alpha value is -3.92. The molecule has 0 unspecified atom stereocenters. The van der Waals surface area contributed by atoms with Crippen LogP contribution < -0.4 is 9.47 Å². The fraction of sp³-hybridized carbons (Fsp3) is 0.304. The summed E-state index contributed by atoms with van der Waals surface area (Å²) in [5.74, 6) is -1.17. The van der Waals surface area contributed by atoms with Crippen LogP contribution in [-0.4, -0.2) is 72.9 Å². The van der Waals surface area contributed by atoms with Crippen LogP contribution in [0.25, 0.3) is 5.76 Å². The number of carbonyl (C=O) groups excluding carboxylic acids is 2. The fourth-order valence-electron chi connectivity index (χ4n) is 3.68. The highest BCUT2D eigenvalue weighted by Gasteiger charge is 2.46. The van der Waals surface area contributed by atoms with Crippen molar-refractivity contribution >= 4 is 23.1 Å². The van der Waals surface area contributed by atoms with Gasteiger partial charge in [0.1, 0.15) is 5.76 Å². The van der Waals surface area contributed by atoms with E-state index in [1.807, 2.05) is 19.0 Å². The fourth-order valence-corrected chi connectivity index (χ4v) is 3.68. The lowest BCUT2D eigenvalue weighted by Gasteiger charge is -2.26. The van der Waals surface area contributed by atoms with Gasteiger partial charge in [0, 0.05) is 30.8 Å². The van der Waals surface area contributed by atoms with Crippen molar-refractivity contribution < 1.29 is 29.1 Å². The monoisotopic (exact) mass is 455 g/mol. The minimum absolute atomic E-state index is 0.0974. The van der Waals surface area contributed by atoms with Gasteiger partial charge in [0.15, 0.2) is 11.5 Å². The molecule has 1 fully saturated rings. The van der Waals surface area contributed by atoms with Gasteiger partial charge in [-0.15, -0.1) is 0 Å². The number of rotatable bonds is 8. The molecular formula is C23H25N3O7. The molecule has 1 saturated heterocycles. The van der Waals surface area contributed by atoms with Gasteiger partial charge in [0.25, 0.3) is 17.4 Å². The van der Waals surface area contributed by atoms with Gasteiger partial charge in [-0.25, -0.2) is 0 Å². The minimum atomic E-state index is -0.904. The smallest absolute Gasteiger partial charge is 0.295 e. The lowest BCUT2D eigenvalue weighted by molar-refractivity contribution is -0.384. The molecule has 10 nitrogen and oxygen atoms in total. The maximum atomic E-state index is 13.0. The van der Waals surface area contributed by atoms with Crippen molar-refractivity contribution in [1.29, 1.82) is 0 Å². The van der Waals surface area contributed by atoms with Crippen molar-refractivity contribution in [2.75, 3.05) is 41.4 Å². The first-order valence-electron chi connectivity index (χ1n) is 10.1. The number of carbonyl (C=O) groups is 2. The van der Waals surface area contributed by atoms with Gasteiger partial charge in [0.05, 0.1) is 30.8 Å². The van der Waals surface area contributed by atoms with Crippen LogP contribution in [0.2, 0.25) is 0 Å². The van der Waals surface area contributed by atoms with Crippen LogP contribution in [0.15, 0.2) is 48.0 Å². The highest BCUT2D eigenvalue weighted by Crippen LogP contribution is 2.40. The zero-order chi connectivity index (χ0) is 24.3. The van der Waals surface area contributed by atoms with E-state index < -0.39 is 22.7 Å². The van der Waals surface area contributed by atoms with Crippen molar-refractivity contribution in [3.05, 3.63) is 69.3 Å². The first-order chi connectivity index (χ1) is 15.7. The zero-order valence-electron chi connectivity index (χ0n) is 18.8. The first kappa shape index (κ1) is 23.7. The number of aliphatic hydroxyl groups is 1. The van der Waals surface area contributed by atoms with Gasteiger partial charge in [-0.3, -0.25) is 19.7 Å². The van der Waals surface area contributed by atoms with E-state index in [1.54, 1.807) is 12.1 Å². The summed E-state index contributed by atoms with van der Waals surface area (Å²) in [5, 5.41) is 22.2. The summed E-state index contributed by atoms with van der Waals surface area (Å²) in [4.78, 5) is 39.7. The Morgan fingerprint density at radius 1 is 1.09 bits per heavy atom. The second-order valence-corrected chi connectivity index (χ2v) is 7.71. The van der Waals surface area contributed by atoms with E-state index in [-0.39, 0.29) is 29.1 Å². The summed E-state index contributed by atoms with van der Waals surface area (Å²) in [6, 6.07) is 9.31. The van der Waals surface area contributed by atoms with Crippen LogP contribution in [0.5, 0.6) is 11.5 Å². The third-order valence-electron chi connectivity index (χ3n) is 5.40. The lowest BCUT2D eigenvalue weighted by Crippen LogP contribution is -2.35. The summed E-state index contributed by atoms with van der Waals surface area (Å²) >= 11 is 0. The second-order valence-electron chi connectivity index (χ2n) is 7.71. The van der Waals surface area contributed by atoms with E-state index in [0.29, 0.717) is 23.6 Å². The number of methoxy groups -OCH3 is 2. The van der Waals surface area contributed by atoms with Gasteiger partial charge >= 0.3 is 0 Å². The Bertz CT molecular complexity index is 1110. The average molecular weight is 455 g/mol. The number of likely N-dealkylation sites (N-methyl/N-ethyl adjacent to an activating group) is 1. The predicted octanol–water partition coefficient (Wildman–Crippen LogP) is 2.60. The van der Waals surface area contributed by atoms with Crippen LogP contribution in [-0.2, 0) is 9.59 Å². The maximum absolute atomic E-state index is 13.0. The highest BCUT2D eigenvalue weighted by atomic mass is 16.6. The number of amides is 1. The average Bonchev–Trinajstić information content (AvgIpc) is 3.06. The molecule has 2 aromatic rings. The van der Waals surface area contributed by atoms with Gasteiger partial charge in [-0.05, 0) is 50.0 Å². The summed E-state index contributed by atoms with van der Waals surface area (Å²) in [6.45, 7) is 0.703. The lowest BCUT2D eigenvalue weighted by atomic mass is 9.95. The SMILES string of the molecule is COc1ccc(C(O)=C2C(=O)C(=O)N(CCN(C)C)[C@@H]2c2ccc([N+](=O)[O-])cc2)cc1OC. The number of Topliss-reactive ketones (excluding diaryl/α,β-unsaturated/α-hetero) is 1. The highest BCUT2D eigenvalue weighted by molar-refractivity contribution is 6.46. The first-order valence-corrected chi connectivity index (χ1v) is 10.1. The summed E-state index contributed by atoms with van der Waals surface area (Å²) in [5.41, 5.74) is 0.523. The quantitative estimate of drug-likeness (QED) is 0.212. The topological polar surface area (TPSA) is 122 Å². The van der Waals surface area contributed by atoms with Crippen molar-refractivity contribution in [3.63, 3.8) is 0 Å². The number of hydrogen-bond donors (Lipinski definition) is 1. The molecule has 174 valence electrons. The minimum Gasteiger partial charge on any atom is -0.507 e. The molecule has 1 heterocycles. The van der Waals surface area contributed by atoms with E-state index >= 15 is 0 Å². The van der Waals surface area contributed by atoms with Gasteiger partial charge in [-0.2, -0.15) is 0 Å². The standard InChI is InChI=1S/C23H25N3O7/c1-24(2)11-12-25-20(14-5-8-16(9-6-14)26(30)31)19(22(28)23(25)29)21(27)15-7-10-17(32-3)18(13-15)33-4/h5-10,13,20,27H,11-12H2,1-4H3/t20-/m1/s1. The maximum Gasteiger partial charge on any atom is 0.295 e. The number of likely N-dealkylation sites (tertiary alicyclic amines) is 1. The number of benzene rings is 2. The third kappa shape index (κ3) is 4.65. The molecule has 0 saturated carbocycles. The van der Waals surface area contributed by atoms with E-state index in [2.05, 4.69) is 0 Å². The summed E-state index contributed by atoms with van der Waals surface area (Å²) in [7, 11) is 6.59. The van der Waals surface area contributed by atoms with Crippen LogP contribution in [0, 0.1) is 10.1 Å². The van der Waals surface area contributed by atoms with Crippen LogP contribution >= 0.6 is 0 Å². The number of nitro groups is 1. The van der Waals surface area contributed by atoms with Crippen molar-refractivity contribution in [2.24, 2.45) is 0 Å². The molecule has 1 aliphatic rings. The van der Waals surface area contributed by atoms with E-state index in [0.717, 1.165) is 0 Å². The van der Waals surface area contributed by atoms with Crippen molar-refractivity contribution in [1.82, 2.24) is 9.80 Å². The van der Waals surface area contributed by atoms with Crippen LogP contribution in [0.3, 0.4) is 0 Å². The largest absolute Gasteiger partial charge is 0.507 e. The number of ether oxygens (including phenoxy) is 2. The number of non-ortho nitro benzene ring substituents is 1. The molecule has 1 atom stereocenters. The summed E-state index contributed by atoms with van der Waals surface area (Å²) in [6.07, 6.45) is 0. The molecule has 0 radical (unpaired) electrons. The molecule has 0 aromatic heterocycles. The van der Waals surface area contributed by atoms with Gasteiger partial charge < -0.3 is 24.4 Å². The molecule has 1 aliphatic heterocycles. The molecule has 0 bridgehead atoms. The van der Waals surface area contributed by atoms with E-state index in [1.165, 1.54) is 49.5 Å². The van der Waals surface area contributed by atoms with Crippen molar-refractivity contribution in [3.8, 4) is 11.5 Å². The van der Waals surface area contributed by atoms with Gasteiger partial charge in [0.2, 0.25) is 0 Å². The molecule has 33 heavy (non-hydrogen) atoms. The van der Waals surface area contributed by atoms with Crippen LogP contribution in [0.4, 0.5) is 5.69 Å². The van der Waals surface area contributed by atoms with Crippen molar-refractivity contribution in [2.45, 2.75) is 6.04 Å². The Kier molecular flexibility index (Phi) is 6.98. The molecule has 3 rings (SSSR count). The number of nitrogens with zero attached hydrogens (tertiary/aromatic N) is 3. The summed E-state index contributed by atoms with van der Waals surface area (Å²) < 4.78 is 10.5. The Balaban J connectivity index is 2.16. The Morgan fingerprint density at radius 2 is 1.73 bits per heavy atom. The Labute approximate surface area is 190 Å². The molecule has 0 spiro atoms. The Morgan fingerprint density at radius 3 is 2.27 bits per heavy atom. The number of aliphatic hydroxyl groups excluding tert-OH is 1. The number of hydrogen-bond acceptors (Lipinski definition) is 8. The number of nitro benzene ring substituents is 1. The predicted molar refractivity (Wildman–Crippen MR) is 120 cm³/mol. The molecule has 0 aliphatic carbocycles. The third-order valence-corrected chi connectivity index (χ3v) is 5.40. The molecule has 1 amide bonds. The molecule has 1 N–H and O–H groups in total. The molecule has 2 aromatic carbocycles. The number of ketones is 1. The normalized spacial score (nSPS) is 17.5. The zero-order valence-corrected chi connectivity index (χ0v) is 18.8. The van der Waals surface area contributed by atoms with E-state index in [9.17, 15) is 24.8 Å². The molecule has 10 heteroatoms. The second kappa shape index (κ2) is 9.70. The van der Waals surface area contributed by atoms with Crippen LogP contribution in [0.1, 0.15) is 17.2 Å². The molecular weight excluding hydrogens is 430 g/mol.